The van der Waals surface area contributed by atoms with Gasteiger partial charge in [0.25, 0.3) is 10.0 Å². The molecule has 0 aromatic heterocycles. The number of aryl methyl sites for hydroxylation is 2. The van der Waals surface area contributed by atoms with Crippen molar-refractivity contribution >= 4 is 39.1 Å². The summed E-state index contributed by atoms with van der Waals surface area (Å²) in [6, 6.07) is 21.0. The largest absolute Gasteiger partial charge is 0.325 e. The molecule has 1 amide bonds. The first-order chi connectivity index (χ1) is 13.8. The van der Waals surface area contributed by atoms with Crippen LogP contribution in [0.15, 0.2) is 82.6 Å². The van der Waals surface area contributed by atoms with Crippen LogP contribution in [0.25, 0.3) is 0 Å². The van der Waals surface area contributed by atoms with E-state index in [4.69, 9.17) is 0 Å². The second-order valence-corrected chi connectivity index (χ2v) is 9.31. The second-order valence-electron chi connectivity index (χ2n) is 6.58. The molecule has 3 rings (SSSR count). The summed E-state index contributed by atoms with van der Waals surface area (Å²) in [4.78, 5) is 13.3. The van der Waals surface area contributed by atoms with Gasteiger partial charge in [0.1, 0.15) is 0 Å². The van der Waals surface area contributed by atoms with Gasteiger partial charge in [-0.1, -0.05) is 24.3 Å². The van der Waals surface area contributed by atoms with Crippen molar-refractivity contribution in [3.05, 3.63) is 83.9 Å². The van der Waals surface area contributed by atoms with Crippen molar-refractivity contribution in [1.29, 1.82) is 0 Å². The van der Waals surface area contributed by atoms with Crippen molar-refractivity contribution in [2.24, 2.45) is 0 Å². The second kappa shape index (κ2) is 9.15. The zero-order chi connectivity index (χ0) is 20.9. The van der Waals surface area contributed by atoms with Crippen LogP contribution in [0.2, 0.25) is 0 Å². The number of carbonyl (C=O) groups is 1. The van der Waals surface area contributed by atoms with Crippen molar-refractivity contribution in [3.8, 4) is 0 Å². The van der Waals surface area contributed by atoms with E-state index >= 15 is 0 Å². The normalized spacial score (nSPS) is 11.1. The predicted molar refractivity (Wildman–Crippen MR) is 119 cm³/mol. The molecule has 3 aromatic rings. The van der Waals surface area contributed by atoms with E-state index in [1.54, 1.807) is 54.6 Å². The van der Waals surface area contributed by atoms with Gasteiger partial charge in [-0.05, 0) is 73.5 Å². The molecule has 5 nitrogen and oxygen atoms in total. The fraction of sp³-hybridized carbons (Fsp3) is 0.136. The van der Waals surface area contributed by atoms with Crippen LogP contribution in [0.5, 0.6) is 0 Å². The van der Waals surface area contributed by atoms with Gasteiger partial charge < -0.3 is 5.32 Å². The molecular weight excluding hydrogens is 404 g/mol. The Morgan fingerprint density at radius 3 is 2.17 bits per heavy atom. The molecule has 0 fully saturated rings. The molecule has 7 heteroatoms. The van der Waals surface area contributed by atoms with Crippen LogP contribution in [0.4, 0.5) is 11.4 Å². The number of benzene rings is 3. The van der Waals surface area contributed by atoms with E-state index in [2.05, 4.69) is 10.0 Å². The third-order valence-electron chi connectivity index (χ3n) is 4.32. The van der Waals surface area contributed by atoms with Crippen molar-refractivity contribution in [1.82, 2.24) is 0 Å². The Morgan fingerprint density at radius 2 is 1.52 bits per heavy atom. The molecule has 0 radical (unpaired) electrons. The molecule has 150 valence electrons. The number of hydrogen-bond acceptors (Lipinski definition) is 4. The number of carbonyl (C=O) groups excluding carboxylic acids is 1. The number of amides is 1. The van der Waals surface area contributed by atoms with Gasteiger partial charge in [-0.15, -0.1) is 11.8 Å². The highest BCUT2D eigenvalue weighted by Gasteiger charge is 2.13. The van der Waals surface area contributed by atoms with Crippen LogP contribution in [0.3, 0.4) is 0 Å². The predicted octanol–water partition coefficient (Wildman–Crippen LogP) is 4.84. The average Bonchev–Trinajstić information content (AvgIpc) is 2.71. The zero-order valence-electron chi connectivity index (χ0n) is 16.2. The zero-order valence-corrected chi connectivity index (χ0v) is 17.8. The summed E-state index contributed by atoms with van der Waals surface area (Å²) in [6.07, 6.45) is 0. The monoisotopic (exact) mass is 426 g/mol. The molecule has 3 aromatic carbocycles. The smallest absolute Gasteiger partial charge is 0.261 e. The first-order valence-corrected chi connectivity index (χ1v) is 11.5. The van der Waals surface area contributed by atoms with E-state index in [1.807, 2.05) is 32.0 Å². The molecule has 0 unspecified atom stereocenters. The molecule has 0 aliphatic rings. The lowest BCUT2D eigenvalue weighted by molar-refractivity contribution is -0.113. The third-order valence-corrected chi connectivity index (χ3v) is 6.73. The van der Waals surface area contributed by atoms with E-state index < -0.39 is 10.0 Å². The number of sulfonamides is 1. The lowest BCUT2D eigenvalue weighted by Gasteiger charge is -2.09. The number of thioether (sulfide) groups is 1. The fourth-order valence-electron chi connectivity index (χ4n) is 2.60. The SMILES string of the molecule is Cc1ccc(NC(=O)CSc2ccc(NS(=O)(=O)c3ccccc3)cc2)cc1C. The Balaban J connectivity index is 1.55. The quantitative estimate of drug-likeness (QED) is 0.531. The van der Waals surface area contributed by atoms with E-state index in [9.17, 15) is 13.2 Å². The van der Waals surface area contributed by atoms with E-state index in [1.165, 1.54) is 17.3 Å². The summed E-state index contributed by atoms with van der Waals surface area (Å²) >= 11 is 1.39. The Kier molecular flexibility index (Phi) is 6.61. The van der Waals surface area contributed by atoms with Crippen molar-refractivity contribution in [2.45, 2.75) is 23.6 Å². The summed E-state index contributed by atoms with van der Waals surface area (Å²) < 4.78 is 27.3. The van der Waals surface area contributed by atoms with Crippen LogP contribution >= 0.6 is 11.8 Å². The molecule has 2 N–H and O–H groups in total. The molecule has 0 atom stereocenters. The third kappa shape index (κ3) is 5.85. The van der Waals surface area contributed by atoms with E-state index in [0.717, 1.165) is 16.1 Å². The Morgan fingerprint density at radius 1 is 0.862 bits per heavy atom. The highest BCUT2D eigenvalue weighted by atomic mass is 32.2. The van der Waals surface area contributed by atoms with Gasteiger partial charge in [-0.2, -0.15) is 0 Å². The molecular formula is C22H22N2O3S2. The maximum atomic E-state index is 12.4. The average molecular weight is 427 g/mol. The van der Waals surface area contributed by atoms with Gasteiger partial charge in [0.2, 0.25) is 5.91 Å². The highest BCUT2D eigenvalue weighted by molar-refractivity contribution is 8.00. The molecule has 0 bridgehead atoms. The van der Waals surface area contributed by atoms with Gasteiger partial charge in [0.05, 0.1) is 10.6 Å². The molecule has 0 saturated heterocycles. The van der Waals surface area contributed by atoms with Gasteiger partial charge >= 0.3 is 0 Å². The maximum Gasteiger partial charge on any atom is 0.261 e. The topological polar surface area (TPSA) is 75.3 Å². The fourth-order valence-corrected chi connectivity index (χ4v) is 4.38. The summed E-state index contributed by atoms with van der Waals surface area (Å²) in [7, 11) is -3.61. The molecule has 0 aliphatic heterocycles. The Labute approximate surface area is 175 Å². The lowest BCUT2D eigenvalue weighted by atomic mass is 10.1. The van der Waals surface area contributed by atoms with Crippen molar-refractivity contribution in [2.75, 3.05) is 15.8 Å². The molecule has 0 saturated carbocycles. The molecule has 29 heavy (non-hydrogen) atoms. The molecule has 0 heterocycles. The van der Waals surface area contributed by atoms with Gasteiger partial charge in [0, 0.05) is 16.3 Å². The standard InChI is InChI=1S/C22H22N2O3S2/c1-16-8-9-19(14-17(16)2)23-22(25)15-28-20-12-10-18(11-13-20)24-29(26,27)21-6-4-3-5-7-21/h3-14,24H,15H2,1-2H3,(H,23,25). The highest BCUT2D eigenvalue weighted by Crippen LogP contribution is 2.23. The minimum atomic E-state index is -3.61. The number of hydrogen-bond donors (Lipinski definition) is 2. The van der Waals surface area contributed by atoms with Gasteiger partial charge in [-0.25, -0.2) is 8.42 Å². The number of nitrogens with one attached hydrogen (secondary N) is 2. The number of anilines is 2. The molecule has 0 spiro atoms. The lowest BCUT2D eigenvalue weighted by Crippen LogP contribution is -2.14. The van der Waals surface area contributed by atoms with Crippen LogP contribution in [-0.4, -0.2) is 20.1 Å². The van der Waals surface area contributed by atoms with Crippen LogP contribution in [0, 0.1) is 13.8 Å². The summed E-state index contributed by atoms with van der Waals surface area (Å²) in [5, 5.41) is 2.89. The van der Waals surface area contributed by atoms with E-state index in [0.29, 0.717) is 5.69 Å². The Bertz CT molecular complexity index is 1100. The van der Waals surface area contributed by atoms with Crippen LogP contribution in [0.1, 0.15) is 11.1 Å². The van der Waals surface area contributed by atoms with Gasteiger partial charge in [-0.3, -0.25) is 9.52 Å². The summed E-state index contributed by atoms with van der Waals surface area (Å²) in [5.74, 6) is 0.175. The van der Waals surface area contributed by atoms with Crippen LogP contribution < -0.4 is 10.0 Å². The van der Waals surface area contributed by atoms with Crippen molar-refractivity contribution < 1.29 is 13.2 Å². The molecule has 0 aliphatic carbocycles. The maximum absolute atomic E-state index is 12.4. The van der Waals surface area contributed by atoms with Crippen molar-refractivity contribution in [3.63, 3.8) is 0 Å². The first kappa shape index (κ1) is 21.0. The van der Waals surface area contributed by atoms with Crippen LogP contribution in [-0.2, 0) is 14.8 Å². The minimum absolute atomic E-state index is 0.0906. The Hall–Kier alpha value is -2.77. The van der Waals surface area contributed by atoms with E-state index in [-0.39, 0.29) is 16.6 Å². The van der Waals surface area contributed by atoms with Gasteiger partial charge in [0.15, 0.2) is 0 Å². The summed E-state index contributed by atoms with van der Waals surface area (Å²) in [5.41, 5.74) is 3.56. The minimum Gasteiger partial charge on any atom is -0.325 e. The summed E-state index contributed by atoms with van der Waals surface area (Å²) in [6.45, 7) is 4.04. The number of rotatable bonds is 7. The first-order valence-electron chi connectivity index (χ1n) is 9.01.